The molecule has 8 heteroatoms. The molecule has 0 aliphatic heterocycles. The summed E-state index contributed by atoms with van der Waals surface area (Å²) < 4.78 is 10.9. The quantitative estimate of drug-likeness (QED) is 0.603. The molecule has 1 unspecified atom stereocenters. The first kappa shape index (κ1) is 20.3. The first-order valence-corrected chi connectivity index (χ1v) is 9.82. The Morgan fingerprint density at radius 3 is 2.35 bits per heavy atom. The number of rotatable bonds is 7. The van der Waals surface area contributed by atoms with Gasteiger partial charge in [-0.15, -0.1) is 0 Å². The summed E-state index contributed by atoms with van der Waals surface area (Å²) in [6.45, 7) is 2.05. The van der Waals surface area contributed by atoms with Crippen molar-refractivity contribution in [2.45, 2.75) is 18.9 Å². The van der Waals surface area contributed by atoms with Crippen molar-refractivity contribution in [2.24, 2.45) is 0 Å². The minimum Gasteiger partial charge on any atom is -0.476 e. The first-order valence-electron chi connectivity index (χ1n) is 9.82. The molecule has 0 radical (unpaired) electrons. The van der Waals surface area contributed by atoms with Gasteiger partial charge >= 0.3 is 12.1 Å². The fraction of sp³-hybridized carbons (Fsp3) is 0.217. The number of fused-ring (bicyclic) bond motifs is 3. The maximum Gasteiger partial charge on any atom is 0.407 e. The molecule has 0 saturated heterocycles. The van der Waals surface area contributed by atoms with E-state index in [4.69, 9.17) is 14.6 Å². The van der Waals surface area contributed by atoms with Gasteiger partial charge in [-0.2, -0.15) is 0 Å². The van der Waals surface area contributed by atoms with Crippen molar-refractivity contribution in [1.29, 1.82) is 0 Å². The van der Waals surface area contributed by atoms with Crippen LogP contribution in [-0.2, 0) is 4.74 Å². The molecule has 1 amide bonds. The molecule has 1 atom stereocenters. The topological polar surface area (TPSA) is 111 Å². The van der Waals surface area contributed by atoms with Crippen molar-refractivity contribution in [3.8, 4) is 17.0 Å². The molecule has 1 aliphatic rings. The van der Waals surface area contributed by atoms with Crippen molar-refractivity contribution in [2.75, 3.05) is 13.2 Å². The van der Waals surface area contributed by atoms with Gasteiger partial charge < -0.3 is 19.9 Å². The molecule has 0 bridgehead atoms. The molecule has 31 heavy (non-hydrogen) atoms. The van der Waals surface area contributed by atoms with Crippen molar-refractivity contribution < 1.29 is 24.2 Å². The molecule has 1 aliphatic carbocycles. The third-order valence-corrected chi connectivity index (χ3v) is 5.02. The van der Waals surface area contributed by atoms with Gasteiger partial charge in [0.2, 0.25) is 5.88 Å². The highest BCUT2D eigenvalue weighted by Crippen LogP contribution is 2.44. The molecule has 1 heterocycles. The molecule has 0 saturated carbocycles. The predicted molar refractivity (Wildman–Crippen MR) is 112 cm³/mol. The van der Waals surface area contributed by atoms with Gasteiger partial charge in [0, 0.05) is 5.92 Å². The van der Waals surface area contributed by atoms with Crippen LogP contribution in [0.4, 0.5) is 4.79 Å². The zero-order valence-corrected chi connectivity index (χ0v) is 16.8. The Morgan fingerprint density at radius 1 is 1.06 bits per heavy atom. The summed E-state index contributed by atoms with van der Waals surface area (Å²) in [5, 5.41) is 11.7. The van der Waals surface area contributed by atoms with Crippen molar-refractivity contribution in [3.05, 3.63) is 77.7 Å². The number of carbonyl (C=O) groups is 2. The van der Waals surface area contributed by atoms with Crippen LogP contribution in [0.15, 0.2) is 60.9 Å². The second kappa shape index (κ2) is 8.83. The molecule has 8 nitrogen and oxygen atoms in total. The van der Waals surface area contributed by atoms with E-state index in [9.17, 15) is 9.59 Å². The Kier molecular flexibility index (Phi) is 5.79. The van der Waals surface area contributed by atoms with Crippen molar-refractivity contribution in [1.82, 2.24) is 15.3 Å². The number of benzene rings is 2. The highest BCUT2D eigenvalue weighted by Gasteiger charge is 2.29. The number of nitrogens with zero attached hydrogens (tertiary/aromatic N) is 2. The molecular weight excluding hydrogens is 398 g/mol. The standard InChI is InChI=1S/C23H21N3O5/c1-14(12-30-21-11-24-10-20(26-21)22(27)28)25-23(29)31-13-19-17-8-4-2-6-15(17)16-7-3-5-9-18(16)19/h2-11,14,19H,12-13H2,1H3,(H,25,29)(H,27,28). The van der Waals surface area contributed by atoms with E-state index in [1.165, 1.54) is 17.3 Å². The number of carboxylic acid groups (broad SMARTS) is 1. The normalized spacial score (nSPS) is 13.1. The van der Waals surface area contributed by atoms with Gasteiger partial charge in [0.05, 0.1) is 18.4 Å². The van der Waals surface area contributed by atoms with E-state index in [0.717, 1.165) is 17.3 Å². The summed E-state index contributed by atoms with van der Waals surface area (Å²) in [4.78, 5) is 30.8. The molecule has 158 valence electrons. The lowest BCUT2D eigenvalue weighted by molar-refractivity contribution is 0.0688. The fourth-order valence-corrected chi connectivity index (χ4v) is 3.61. The minimum absolute atomic E-state index is 0.0151. The number of hydrogen-bond acceptors (Lipinski definition) is 6. The van der Waals surface area contributed by atoms with Crippen LogP contribution in [0.25, 0.3) is 11.1 Å². The average Bonchev–Trinajstić information content (AvgIpc) is 3.10. The Balaban J connectivity index is 1.31. The SMILES string of the molecule is CC(COc1cncc(C(=O)O)n1)NC(=O)OCC1c2ccccc2-c2ccccc21. The number of carboxylic acids is 1. The van der Waals surface area contributed by atoms with Gasteiger partial charge in [-0.3, -0.25) is 4.98 Å². The molecule has 1 aromatic heterocycles. The number of amides is 1. The molecule has 2 aromatic carbocycles. The van der Waals surface area contributed by atoms with E-state index < -0.39 is 12.1 Å². The van der Waals surface area contributed by atoms with Gasteiger partial charge in [0.1, 0.15) is 13.2 Å². The molecule has 0 spiro atoms. The largest absolute Gasteiger partial charge is 0.476 e. The summed E-state index contributed by atoms with van der Waals surface area (Å²) in [6.07, 6.45) is 1.89. The molecule has 3 aromatic rings. The number of carbonyl (C=O) groups excluding carboxylic acids is 1. The Hall–Kier alpha value is -3.94. The van der Waals surface area contributed by atoms with Crippen LogP contribution in [0.5, 0.6) is 5.88 Å². The number of nitrogens with one attached hydrogen (secondary N) is 1. The van der Waals surface area contributed by atoms with Crippen LogP contribution in [0, 0.1) is 0 Å². The number of hydrogen-bond donors (Lipinski definition) is 2. The smallest absolute Gasteiger partial charge is 0.407 e. The number of ether oxygens (including phenoxy) is 2. The fourth-order valence-electron chi connectivity index (χ4n) is 3.61. The van der Waals surface area contributed by atoms with Crippen LogP contribution in [0.1, 0.15) is 34.5 Å². The van der Waals surface area contributed by atoms with E-state index in [1.807, 2.05) is 24.3 Å². The van der Waals surface area contributed by atoms with E-state index in [-0.39, 0.29) is 36.7 Å². The zero-order valence-electron chi connectivity index (χ0n) is 16.8. The van der Waals surface area contributed by atoms with Gasteiger partial charge in [0.15, 0.2) is 5.69 Å². The number of alkyl carbamates (subject to hydrolysis) is 1. The van der Waals surface area contributed by atoms with E-state index in [2.05, 4.69) is 39.6 Å². The Bertz CT molecular complexity index is 1070. The average molecular weight is 419 g/mol. The first-order chi connectivity index (χ1) is 15.0. The Morgan fingerprint density at radius 2 is 1.71 bits per heavy atom. The van der Waals surface area contributed by atoms with Crippen LogP contribution >= 0.6 is 0 Å². The monoisotopic (exact) mass is 419 g/mol. The summed E-state index contributed by atoms with van der Waals surface area (Å²) in [5.41, 5.74) is 4.40. The van der Waals surface area contributed by atoms with Crippen molar-refractivity contribution in [3.63, 3.8) is 0 Å². The lowest BCUT2D eigenvalue weighted by Gasteiger charge is -2.17. The summed E-state index contributed by atoms with van der Waals surface area (Å²) in [6, 6.07) is 15.9. The third-order valence-electron chi connectivity index (χ3n) is 5.02. The van der Waals surface area contributed by atoms with Gasteiger partial charge in [-0.1, -0.05) is 48.5 Å². The van der Waals surface area contributed by atoms with E-state index in [1.54, 1.807) is 6.92 Å². The minimum atomic E-state index is -1.19. The predicted octanol–water partition coefficient (Wildman–Crippen LogP) is 3.48. The summed E-state index contributed by atoms with van der Waals surface area (Å²) >= 11 is 0. The van der Waals surface area contributed by atoms with Gasteiger partial charge in [0.25, 0.3) is 0 Å². The third kappa shape index (κ3) is 4.48. The van der Waals surface area contributed by atoms with Gasteiger partial charge in [-0.25, -0.2) is 14.6 Å². The molecule has 4 rings (SSSR count). The van der Waals surface area contributed by atoms with Crippen LogP contribution in [0.2, 0.25) is 0 Å². The van der Waals surface area contributed by atoms with E-state index >= 15 is 0 Å². The molecule has 2 N–H and O–H groups in total. The van der Waals surface area contributed by atoms with Crippen LogP contribution in [0.3, 0.4) is 0 Å². The summed E-state index contributed by atoms with van der Waals surface area (Å²) in [7, 11) is 0. The Labute approximate surface area is 178 Å². The highest BCUT2D eigenvalue weighted by atomic mass is 16.5. The van der Waals surface area contributed by atoms with Crippen LogP contribution in [-0.4, -0.2) is 46.4 Å². The molecular formula is C23H21N3O5. The summed E-state index contributed by atoms with van der Waals surface area (Å²) in [5.74, 6) is -1.14. The van der Waals surface area contributed by atoms with Crippen molar-refractivity contribution >= 4 is 12.1 Å². The van der Waals surface area contributed by atoms with Gasteiger partial charge in [-0.05, 0) is 29.2 Å². The van der Waals surface area contributed by atoms with E-state index in [0.29, 0.717) is 0 Å². The number of aromatic carboxylic acids is 1. The zero-order chi connectivity index (χ0) is 21.8. The second-order valence-corrected chi connectivity index (χ2v) is 7.23. The second-order valence-electron chi connectivity index (χ2n) is 7.23. The van der Waals surface area contributed by atoms with Crippen LogP contribution < -0.4 is 10.1 Å². The lowest BCUT2D eigenvalue weighted by atomic mass is 9.98. The number of aromatic nitrogens is 2. The maximum absolute atomic E-state index is 12.3. The lowest BCUT2D eigenvalue weighted by Crippen LogP contribution is -2.37. The highest BCUT2D eigenvalue weighted by molar-refractivity contribution is 5.85. The maximum atomic E-state index is 12.3. The molecule has 0 fully saturated rings.